The molecule has 5 rings (SSSR count). The van der Waals surface area contributed by atoms with Gasteiger partial charge in [-0.3, -0.25) is 9.97 Å². The number of nitrogens with zero attached hydrogens (tertiary/aromatic N) is 8. The molecule has 0 fully saturated rings. The number of azo groups is 2. The molecule has 0 aliphatic rings. The molecule has 1 aromatic heterocycles. The molecule has 57 heavy (non-hydrogen) atoms. The Labute approximate surface area is 350 Å². The fourth-order valence-corrected chi connectivity index (χ4v) is 5.75. The molecule has 0 atom stereocenters. The molecule has 20 nitrogen and oxygen atoms in total. The van der Waals surface area contributed by atoms with Crippen molar-refractivity contribution in [3.8, 4) is 11.5 Å². The Kier molecular flexibility index (Phi) is 17.1. The fourth-order valence-electron chi connectivity index (χ4n) is 4.73. The van der Waals surface area contributed by atoms with E-state index in [0.717, 1.165) is 24.3 Å². The molecule has 0 spiro atoms. The van der Waals surface area contributed by atoms with Crippen LogP contribution in [0, 0.1) is 0 Å². The molecule has 0 aliphatic heterocycles. The second-order valence-corrected chi connectivity index (χ2v) is 13.8. The van der Waals surface area contributed by atoms with Gasteiger partial charge in [-0.1, -0.05) is 12.1 Å². The van der Waals surface area contributed by atoms with Crippen LogP contribution in [0.25, 0.3) is 0 Å². The SMILES string of the molecule is COc1cc(N=Nc2cccc(S(=O)(=O)[O-])c2)ccc1N=c1nc(N(CCO)CCO)[nH]c(=Nc2ccc(N=Nc3cccc(S(=O)(=O)[O-])c3)cc2OC)[nH]1.[Li+].[Li+]. The van der Waals surface area contributed by atoms with Crippen LogP contribution in [0.5, 0.6) is 11.5 Å². The first-order chi connectivity index (χ1) is 26.3. The summed E-state index contributed by atoms with van der Waals surface area (Å²) in [7, 11) is -6.53. The summed E-state index contributed by atoms with van der Waals surface area (Å²) in [6.45, 7) is -0.303. The third-order valence-electron chi connectivity index (χ3n) is 7.27. The van der Waals surface area contributed by atoms with Gasteiger partial charge in [-0.05, 0) is 60.7 Å². The number of aliphatic hydroxyl groups is 2. The maximum Gasteiger partial charge on any atom is 1.00 e. The molecule has 0 amide bonds. The van der Waals surface area contributed by atoms with E-state index in [4.69, 9.17) is 9.47 Å². The number of H-pyrrole nitrogens is 2. The molecule has 4 aromatic carbocycles. The number of methoxy groups -OCH3 is 2. The summed E-state index contributed by atoms with van der Waals surface area (Å²) in [5.41, 5.74) is 1.69. The number of aromatic amines is 2. The first-order valence-electron chi connectivity index (χ1n) is 15.9. The number of hydrogen-bond donors (Lipinski definition) is 4. The quantitative estimate of drug-likeness (QED) is 0.0492. The van der Waals surface area contributed by atoms with Gasteiger partial charge in [0.25, 0.3) is 0 Å². The third kappa shape index (κ3) is 13.0. The second kappa shape index (κ2) is 21.0. The van der Waals surface area contributed by atoms with Crippen LogP contribution >= 0.6 is 0 Å². The van der Waals surface area contributed by atoms with Gasteiger partial charge in [0.15, 0.2) is 0 Å². The van der Waals surface area contributed by atoms with Gasteiger partial charge in [0, 0.05) is 25.2 Å². The van der Waals surface area contributed by atoms with Crippen LogP contribution in [-0.2, 0) is 20.2 Å². The molecule has 0 saturated heterocycles. The summed E-state index contributed by atoms with van der Waals surface area (Å²) in [5, 5.41) is 35.6. The number of ether oxygens (including phenoxy) is 2. The van der Waals surface area contributed by atoms with Crippen molar-refractivity contribution in [2.45, 2.75) is 9.79 Å². The number of aromatic nitrogens is 3. The average Bonchev–Trinajstić information content (AvgIpc) is 3.16. The van der Waals surface area contributed by atoms with Gasteiger partial charge in [-0.15, -0.1) is 0 Å². The molecule has 1 heterocycles. The monoisotopic (exact) mass is 806 g/mol. The summed E-state index contributed by atoms with van der Waals surface area (Å²) >= 11 is 0. The van der Waals surface area contributed by atoms with E-state index in [-0.39, 0.29) is 104 Å². The van der Waals surface area contributed by atoms with E-state index in [1.54, 1.807) is 29.2 Å². The number of rotatable bonds is 15. The Balaban J connectivity index is 0.00000435. The van der Waals surface area contributed by atoms with Gasteiger partial charge < -0.3 is 33.7 Å². The van der Waals surface area contributed by atoms with Gasteiger partial charge in [0.2, 0.25) is 17.2 Å². The molecule has 0 aliphatic carbocycles. The van der Waals surface area contributed by atoms with E-state index in [1.807, 2.05) is 0 Å². The van der Waals surface area contributed by atoms with E-state index in [1.165, 1.54) is 50.6 Å². The van der Waals surface area contributed by atoms with Crippen LogP contribution < -0.4 is 63.3 Å². The molecule has 24 heteroatoms. The number of benzene rings is 4. The first-order valence-corrected chi connectivity index (χ1v) is 18.7. The maximum atomic E-state index is 11.4. The summed E-state index contributed by atoms with van der Waals surface area (Å²) in [6.07, 6.45) is 0. The van der Waals surface area contributed by atoms with Crippen LogP contribution in [0.3, 0.4) is 0 Å². The standard InChI is InChI=1S/C33H34N10O10S2.2Li/c1-52-29-19-23(41-39-21-5-3-7-25(17-21)54(46,47)48)9-11-27(29)34-31-36-32(38-33(37-31)43(13-15-44)14-16-45)35-28-12-10-24(20-30(28)53-2)42-40-22-6-4-8-26(18-22)55(49,50)51;;/h3-12,17-20,44-45H,13-16H2,1-2H3,(H,46,47,48)(H,49,50,51)(H2,34,35,36,37,38);;/q;2*+1/p-2. The van der Waals surface area contributed by atoms with Crippen LogP contribution in [0.1, 0.15) is 0 Å². The van der Waals surface area contributed by atoms with Crippen molar-refractivity contribution in [2.75, 3.05) is 45.4 Å². The van der Waals surface area contributed by atoms with E-state index >= 15 is 0 Å². The topological polar surface area (TPSA) is 295 Å². The first kappa shape index (κ1) is 46.4. The van der Waals surface area contributed by atoms with Crippen LogP contribution in [0.4, 0.5) is 40.1 Å². The molecule has 0 radical (unpaired) electrons. The molecule has 5 aromatic rings. The zero-order chi connectivity index (χ0) is 39.6. The predicted octanol–water partition coefficient (Wildman–Crippen LogP) is -2.34. The second-order valence-electron chi connectivity index (χ2n) is 11.0. The Morgan fingerprint density at radius 1 is 0.649 bits per heavy atom. The van der Waals surface area contributed by atoms with Gasteiger partial charge >= 0.3 is 37.7 Å². The molecular weight excluding hydrogens is 774 g/mol. The van der Waals surface area contributed by atoms with Gasteiger partial charge in [0.1, 0.15) is 43.1 Å². The minimum atomic E-state index is -4.68. The Hall–Kier alpha value is -4.98. The normalized spacial score (nSPS) is 12.4. The zero-order valence-electron chi connectivity index (χ0n) is 31.0. The average molecular weight is 807 g/mol. The molecule has 0 bridgehead atoms. The van der Waals surface area contributed by atoms with Crippen LogP contribution in [0.2, 0.25) is 0 Å². The van der Waals surface area contributed by atoms with E-state index in [2.05, 4.69) is 45.4 Å². The van der Waals surface area contributed by atoms with E-state index in [9.17, 15) is 36.2 Å². The molecule has 288 valence electrons. The van der Waals surface area contributed by atoms with E-state index < -0.39 is 30.0 Å². The third-order valence-corrected chi connectivity index (χ3v) is 8.93. The predicted molar refractivity (Wildman–Crippen MR) is 193 cm³/mol. The number of aliphatic hydroxyl groups excluding tert-OH is 2. The smallest absolute Gasteiger partial charge is 0.744 e. The van der Waals surface area contributed by atoms with Crippen molar-refractivity contribution < 1.29 is 83.3 Å². The summed E-state index contributed by atoms with van der Waals surface area (Å²) in [5.74, 6) is 0.713. The summed E-state index contributed by atoms with van der Waals surface area (Å²) in [6, 6.07) is 19.6. The van der Waals surface area contributed by atoms with Crippen molar-refractivity contribution in [2.24, 2.45) is 30.4 Å². The van der Waals surface area contributed by atoms with Gasteiger partial charge in [-0.2, -0.15) is 25.4 Å². The summed E-state index contributed by atoms with van der Waals surface area (Å²) < 4.78 is 79.3. The molecular formula is C33H32Li2N10O10S2. The van der Waals surface area contributed by atoms with Crippen molar-refractivity contribution in [1.82, 2.24) is 15.0 Å². The Morgan fingerprint density at radius 2 is 1.09 bits per heavy atom. The molecule has 0 saturated carbocycles. The number of nitrogens with one attached hydrogen (secondary N) is 2. The van der Waals surface area contributed by atoms with Crippen molar-refractivity contribution in [3.05, 3.63) is 96.2 Å². The Morgan fingerprint density at radius 3 is 1.51 bits per heavy atom. The maximum absolute atomic E-state index is 11.4. The van der Waals surface area contributed by atoms with Gasteiger partial charge in [-0.25, -0.2) is 26.8 Å². The number of hydrogen-bond acceptors (Lipinski definition) is 18. The van der Waals surface area contributed by atoms with E-state index in [0.29, 0.717) is 22.7 Å². The van der Waals surface area contributed by atoms with Crippen LogP contribution in [-0.4, -0.2) is 91.6 Å². The van der Waals surface area contributed by atoms with Gasteiger partial charge in [0.05, 0.1) is 60.0 Å². The van der Waals surface area contributed by atoms with Crippen molar-refractivity contribution >= 4 is 60.3 Å². The Bertz CT molecular complexity index is 2430. The minimum absolute atomic E-state index is 0. The van der Waals surface area contributed by atoms with Crippen LogP contribution in [0.15, 0.2) is 125 Å². The summed E-state index contributed by atoms with van der Waals surface area (Å²) in [4.78, 5) is 20.4. The molecule has 0 unspecified atom stereocenters. The minimum Gasteiger partial charge on any atom is -0.744 e. The fraction of sp³-hybridized carbons (Fsp3) is 0.182. The zero-order valence-corrected chi connectivity index (χ0v) is 32.6. The number of anilines is 1. The molecule has 4 N–H and O–H groups in total. The largest absolute Gasteiger partial charge is 1.00 e. The van der Waals surface area contributed by atoms with Crippen molar-refractivity contribution in [1.29, 1.82) is 0 Å². The van der Waals surface area contributed by atoms with Crippen molar-refractivity contribution in [3.63, 3.8) is 0 Å².